The average molecular weight is 569 g/mol. The number of methoxy groups -OCH3 is 1. The largest absolute Gasteiger partial charge is 0.496 e. The quantitative estimate of drug-likeness (QED) is 0.286. The molecule has 0 radical (unpaired) electrons. The predicted octanol–water partition coefficient (Wildman–Crippen LogP) is 7.83. The van der Waals surface area contributed by atoms with Crippen LogP contribution in [0.3, 0.4) is 0 Å². The fraction of sp³-hybridized carbons (Fsp3) is 0.344. The normalized spacial score (nSPS) is 16.0. The van der Waals surface area contributed by atoms with Gasteiger partial charge in [0.05, 0.1) is 13.8 Å². The van der Waals surface area contributed by atoms with Crippen LogP contribution in [0, 0.1) is 5.92 Å². The molecular weight excluding hydrogens is 536 g/mol. The molecule has 3 aromatic carbocycles. The zero-order valence-corrected chi connectivity index (χ0v) is 23.5. The number of nitrogens with zero attached hydrogens (tertiary/aromatic N) is 1. The SMILES string of the molecule is COc1c(C(=O)O)ccc2c1CCCC(c1ccc(Cl)cc1Cl)=C2c1ccc(CC2CN(CCCF)C2)cc1. The van der Waals surface area contributed by atoms with Crippen molar-refractivity contribution in [1.29, 1.82) is 0 Å². The van der Waals surface area contributed by atoms with E-state index in [4.69, 9.17) is 27.9 Å². The summed E-state index contributed by atoms with van der Waals surface area (Å²) < 4.78 is 18.1. The highest BCUT2D eigenvalue weighted by Gasteiger charge is 2.28. The van der Waals surface area contributed by atoms with Crippen molar-refractivity contribution < 1.29 is 19.0 Å². The number of benzene rings is 3. The number of hydrogen-bond acceptors (Lipinski definition) is 3. The Hall–Kier alpha value is -2.86. The van der Waals surface area contributed by atoms with Gasteiger partial charge < -0.3 is 14.7 Å². The number of halogens is 3. The highest BCUT2D eigenvalue weighted by atomic mass is 35.5. The van der Waals surface area contributed by atoms with Gasteiger partial charge in [-0.2, -0.15) is 0 Å². The summed E-state index contributed by atoms with van der Waals surface area (Å²) >= 11 is 13.0. The number of carboxylic acids is 1. The Labute approximate surface area is 239 Å². The van der Waals surface area contributed by atoms with Crippen molar-refractivity contribution in [3.05, 3.63) is 98.0 Å². The van der Waals surface area contributed by atoms with Gasteiger partial charge >= 0.3 is 5.97 Å². The van der Waals surface area contributed by atoms with Crippen LogP contribution in [0.5, 0.6) is 5.75 Å². The van der Waals surface area contributed by atoms with Crippen molar-refractivity contribution in [1.82, 2.24) is 4.90 Å². The number of carbonyl (C=O) groups is 1. The van der Waals surface area contributed by atoms with Gasteiger partial charge in [0.1, 0.15) is 11.3 Å². The molecule has 1 fully saturated rings. The summed E-state index contributed by atoms with van der Waals surface area (Å²) in [7, 11) is 1.53. The second kappa shape index (κ2) is 12.1. The standard InChI is InChI=1S/C32H32Cl2FNO3/c1-39-31-27-5-2-4-25(24-11-10-23(33)17-29(24)34)30(26(27)12-13-28(31)32(37)38)22-8-6-20(7-9-22)16-21-18-36(19-21)15-3-14-35/h6-13,17,21H,2-5,14-16,18-19H2,1H3,(H,37,38). The van der Waals surface area contributed by atoms with E-state index in [1.807, 2.05) is 18.2 Å². The van der Waals surface area contributed by atoms with Crippen LogP contribution in [0.15, 0.2) is 54.6 Å². The van der Waals surface area contributed by atoms with Gasteiger partial charge in [-0.3, -0.25) is 4.39 Å². The van der Waals surface area contributed by atoms with Crippen LogP contribution < -0.4 is 4.74 Å². The molecule has 1 N–H and O–H groups in total. The second-order valence-corrected chi connectivity index (χ2v) is 11.2. The van der Waals surface area contributed by atoms with Crippen molar-refractivity contribution in [2.24, 2.45) is 5.92 Å². The van der Waals surface area contributed by atoms with Gasteiger partial charge in [-0.25, -0.2) is 4.79 Å². The number of ether oxygens (including phenoxy) is 1. The number of rotatable bonds is 9. The molecule has 3 aromatic rings. The Morgan fingerprint density at radius 1 is 1.05 bits per heavy atom. The minimum absolute atomic E-state index is 0.167. The molecule has 1 aliphatic carbocycles. The monoisotopic (exact) mass is 567 g/mol. The zero-order chi connectivity index (χ0) is 27.5. The van der Waals surface area contributed by atoms with E-state index in [2.05, 4.69) is 29.2 Å². The third-order valence-electron chi connectivity index (χ3n) is 7.78. The molecule has 0 saturated carbocycles. The maximum absolute atomic E-state index is 12.5. The Kier molecular flexibility index (Phi) is 8.61. The fourth-order valence-corrected chi connectivity index (χ4v) is 6.51. The van der Waals surface area contributed by atoms with Crippen LogP contribution >= 0.6 is 23.2 Å². The topological polar surface area (TPSA) is 49.8 Å². The summed E-state index contributed by atoms with van der Waals surface area (Å²) in [5.41, 5.74) is 7.42. The van der Waals surface area contributed by atoms with E-state index < -0.39 is 5.97 Å². The molecule has 0 atom stereocenters. The molecule has 204 valence electrons. The smallest absolute Gasteiger partial charge is 0.339 e. The van der Waals surface area contributed by atoms with Crippen LogP contribution in [0.2, 0.25) is 10.0 Å². The lowest BCUT2D eigenvalue weighted by Crippen LogP contribution is -2.47. The first-order valence-corrected chi connectivity index (χ1v) is 14.1. The maximum Gasteiger partial charge on any atom is 0.339 e. The van der Waals surface area contributed by atoms with Crippen LogP contribution in [-0.4, -0.2) is 49.4 Å². The molecule has 4 nitrogen and oxygen atoms in total. The van der Waals surface area contributed by atoms with Gasteiger partial charge in [-0.1, -0.05) is 59.6 Å². The fourth-order valence-electron chi connectivity index (χ4n) is 5.99. The first-order chi connectivity index (χ1) is 18.9. The third-order valence-corrected chi connectivity index (χ3v) is 8.33. The van der Waals surface area contributed by atoms with Gasteiger partial charge in [0.2, 0.25) is 0 Å². The first-order valence-electron chi connectivity index (χ1n) is 13.4. The summed E-state index contributed by atoms with van der Waals surface area (Å²) in [6.07, 6.45) is 3.89. The predicted molar refractivity (Wildman–Crippen MR) is 156 cm³/mol. The number of carboxylic acid groups (broad SMARTS) is 1. The third kappa shape index (κ3) is 5.86. The van der Waals surface area contributed by atoms with Crippen LogP contribution in [-0.2, 0) is 12.8 Å². The highest BCUT2D eigenvalue weighted by molar-refractivity contribution is 6.36. The summed E-state index contributed by atoms with van der Waals surface area (Å²) in [6.45, 7) is 2.62. The second-order valence-electron chi connectivity index (χ2n) is 10.4. The molecule has 1 heterocycles. The van der Waals surface area contributed by atoms with Gasteiger partial charge in [-0.15, -0.1) is 0 Å². The number of hydrogen-bond donors (Lipinski definition) is 1. The number of alkyl halides is 1. The Morgan fingerprint density at radius 3 is 2.46 bits per heavy atom. The van der Waals surface area contributed by atoms with Crippen LogP contribution in [0.1, 0.15) is 57.4 Å². The molecule has 0 unspecified atom stereocenters. The minimum atomic E-state index is -1.01. The van der Waals surface area contributed by atoms with E-state index in [0.29, 0.717) is 34.6 Å². The summed E-state index contributed by atoms with van der Waals surface area (Å²) in [5, 5.41) is 11.0. The number of fused-ring (bicyclic) bond motifs is 1. The van der Waals surface area contributed by atoms with Gasteiger partial charge in [0, 0.05) is 35.2 Å². The van der Waals surface area contributed by atoms with E-state index in [1.54, 1.807) is 12.1 Å². The van der Waals surface area contributed by atoms with Gasteiger partial charge in [0.25, 0.3) is 0 Å². The highest BCUT2D eigenvalue weighted by Crippen LogP contribution is 2.45. The first kappa shape index (κ1) is 27.7. The Balaban J connectivity index is 1.56. The van der Waals surface area contributed by atoms with Crippen LogP contribution in [0.4, 0.5) is 4.39 Å². The van der Waals surface area contributed by atoms with E-state index in [-0.39, 0.29) is 12.2 Å². The summed E-state index contributed by atoms with van der Waals surface area (Å²) in [6, 6.07) is 17.8. The molecule has 39 heavy (non-hydrogen) atoms. The lowest BCUT2D eigenvalue weighted by molar-refractivity contribution is 0.0693. The zero-order valence-electron chi connectivity index (χ0n) is 22.0. The number of likely N-dealkylation sites (tertiary alicyclic amines) is 1. The molecule has 0 spiro atoms. The van der Waals surface area contributed by atoms with E-state index in [9.17, 15) is 14.3 Å². The lowest BCUT2D eigenvalue weighted by Gasteiger charge is -2.39. The molecule has 5 rings (SSSR count). The van der Waals surface area contributed by atoms with Crippen LogP contribution in [0.25, 0.3) is 11.1 Å². The Bertz CT molecular complexity index is 1400. The summed E-state index contributed by atoms with van der Waals surface area (Å²) in [5.74, 6) is 0.00398. The lowest BCUT2D eigenvalue weighted by atomic mass is 9.85. The van der Waals surface area contributed by atoms with E-state index in [0.717, 1.165) is 72.3 Å². The number of aromatic carboxylic acids is 1. The number of allylic oxidation sites excluding steroid dienone is 1. The Morgan fingerprint density at radius 2 is 1.79 bits per heavy atom. The minimum Gasteiger partial charge on any atom is -0.496 e. The van der Waals surface area contributed by atoms with Crippen molar-refractivity contribution in [3.63, 3.8) is 0 Å². The molecule has 0 aromatic heterocycles. The van der Waals surface area contributed by atoms with Crippen molar-refractivity contribution >= 4 is 40.3 Å². The van der Waals surface area contributed by atoms with Crippen molar-refractivity contribution in [2.75, 3.05) is 33.4 Å². The molecule has 0 amide bonds. The molecular formula is C32H32Cl2FNO3. The van der Waals surface area contributed by atoms with E-state index in [1.165, 1.54) is 12.7 Å². The molecule has 1 saturated heterocycles. The molecule has 2 aliphatic rings. The van der Waals surface area contributed by atoms with Crippen molar-refractivity contribution in [3.8, 4) is 5.75 Å². The van der Waals surface area contributed by atoms with Gasteiger partial charge in [0.15, 0.2) is 0 Å². The van der Waals surface area contributed by atoms with Gasteiger partial charge in [-0.05, 0) is 89.6 Å². The molecule has 1 aliphatic heterocycles. The summed E-state index contributed by atoms with van der Waals surface area (Å²) in [4.78, 5) is 14.3. The van der Waals surface area contributed by atoms with Crippen molar-refractivity contribution in [2.45, 2.75) is 32.1 Å². The molecule has 7 heteroatoms. The maximum atomic E-state index is 12.5. The molecule has 0 bridgehead atoms. The van der Waals surface area contributed by atoms with E-state index >= 15 is 0 Å². The average Bonchev–Trinajstić information content (AvgIpc) is 3.09.